The zero-order valence-electron chi connectivity index (χ0n) is 13.5. The van der Waals surface area contributed by atoms with Gasteiger partial charge in [-0.15, -0.1) is 0 Å². The molecule has 0 bridgehead atoms. The van der Waals surface area contributed by atoms with E-state index in [0.717, 1.165) is 31.6 Å². The molecule has 3 nitrogen and oxygen atoms in total. The Bertz CT molecular complexity index is 438. The predicted octanol–water partition coefficient (Wildman–Crippen LogP) is 2.50. The third kappa shape index (κ3) is 4.77. The Balaban J connectivity index is 1.93. The molecule has 1 saturated heterocycles. The second kappa shape index (κ2) is 7.87. The smallest absolute Gasteiger partial charge is 0.123 e. The molecule has 2 rings (SSSR count). The molecule has 0 spiro atoms. The van der Waals surface area contributed by atoms with Crippen LogP contribution in [-0.4, -0.2) is 56.1 Å². The number of nitrogens with one attached hydrogen (secondary N) is 1. The van der Waals surface area contributed by atoms with E-state index in [1.807, 2.05) is 13.1 Å². The fourth-order valence-electron chi connectivity index (χ4n) is 3.25. The van der Waals surface area contributed by atoms with Gasteiger partial charge in [-0.25, -0.2) is 4.39 Å². The van der Waals surface area contributed by atoms with Gasteiger partial charge in [0.1, 0.15) is 5.82 Å². The lowest BCUT2D eigenvalue weighted by molar-refractivity contribution is 0.193. The molecule has 0 saturated carbocycles. The molecule has 1 aromatic carbocycles. The quantitative estimate of drug-likeness (QED) is 0.900. The number of halogens is 1. The van der Waals surface area contributed by atoms with Gasteiger partial charge in [0.05, 0.1) is 0 Å². The first kappa shape index (κ1) is 16.4. The number of hydrogen-bond acceptors (Lipinski definition) is 3. The van der Waals surface area contributed by atoms with Crippen LogP contribution in [0.1, 0.15) is 31.4 Å². The normalized spacial score (nSPS) is 23.0. The van der Waals surface area contributed by atoms with Crippen LogP contribution < -0.4 is 5.32 Å². The lowest BCUT2D eigenvalue weighted by atomic mass is 10.0. The third-order valence-electron chi connectivity index (χ3n) is 4.49. The molecule has 1 aromatic rings. The second-order valence-electron chi connectivity index (χ2n) is 6.19. The van der Waals surface area contributed by atoms with Crippen molar-refractivity contribution < 1.29 is 4.39 Å². The van der Waals surface area contributed by atoms with Crippen LogP contribution in [0.15, 0.2) is 24.3 Å². The van der Waals surface area contributed by atoms with Crippen molar-refractivity contribution in [1.82, 2.24) is 15.1 Å². The van der Waals surface area contributed by atoms with Crippen LogP contribution >= 0.6 is 0 Å². The van der Waals surface area contributed by atoms with E-state index >= 15 is 0 Å². The Kier molecular flexibility index (Phi) is 6.15. The molecular formula is C17H28FN3. The fraction of sp³-hybridized carbons (Fsp3) is 0.647. The molecule has 0 amide bonds. The van der Waals surface area contributed by atoms with Crippen molar-refractivity contribution in [3.8, 4) is 0 Å². The highest BCUT2D eigenvalue weighted by Crippen LogP contribution is 2.19. The van der Waals surface area contributed by atoms with Crippen molar-refractivity contribution in [2.75, 3.05) is 40.3 Å². The van der Waals surface area contributed by atoms with Crippen LogP contribution in [-0.2, 0) is 0 Å². The van der Waals surface area contributed by atoms with Gasteiger partial charge in [0, 0.05) is 25.2 Å². The van der Waals surface area contributed by atoms with Gasteiger partial charge in [0.15, 0.2) is 0 Å². The molecule has 118 valence electrons. The van der Waals surface area contributed by atoms with E-state index in [9.17, 15) is 4.39 Å². The number of hydrogen-bond donors (Lipinski definition) is 1. The molecule has 1 N–H and O–H groups in total. The molecular weight excluding hydrogens is 265 g/mol. The molecule has 0 radical (unpaired) electrons. The molecule has 21 heavy (non-hydrogen) atoms. The molecule has 4 heteroatoms. The first-order valence-corrected chi connectivity index (χ1v) is 7.95. The maximum atomic E-state index is 13.4. The Morgan fingerprint density at radius 2 is 2.19 bits per heavy atom. The van der Waals surface area contributed by atoms with Gasteiger partial charge in [0.25, 0.3) is 0 Å². The van der Waals surface area contributed by atoms with Gasteiger partial charge in [-0.2, -0.15) is 0 Å². The standard InChI is InChI=1S/C17H28FN3/c1-14-13-20(3)9-5-10-21(14)11-8-17(19-2)15-6-4-7-16(18)12-15/h4,6-7,12,14,17,19H,5,8-11,13H2,1-3H3. The SMILES string of the molecule is CNC(CCN1CCCN(C)CC1C)c1cccc(F)c1. The summed E-state index contributed by atoms with van der Waals surface area (Å²) < 4.78 is 13.4. The lowest BCUT2D eigenvalue weighted by Crippen LogP contribution is -2.39. The number of nitrogens with zero attached hydrogens (tertiary/aromatic N) is 2. The average molecular weight is 293 g/mol. The maximum Gasteiger partial charge on any atom is 0.123 e. The van der Waals surface area contributed by atoms with Crippen LogP contribution in [0.25, 0.3) is 0 Å². The zero-order chi connectivity index (χ0) is 15.2. The van der Waals surface area contributed by atoms with Crippen LogP contribution in [0, 0.1) is 5.82 Å². The molecule has 0 aliphatic carbocycles. The summed E-state index contributed by atoms with van der Waals surface area (Å²) in [5.41, 5.74) is 1.04. The van der Waals surface area contributed by atoms with Crippen molar-refractivity contribution in [2.45, 2.75) is 31.8 Å². The van der Waals surface area contributed by atoms with Crippen LogP contribution in [0.3, 0.4) is 0 Å². The van der Waals surface area contributed by atoms with Crippen molar-refractivity contribution in [3.05, 3.63) is 35.6 Å². The summed E-state index contributed by atoms with van der Waals surface area (Å²) in [7, 11) is 4.15. The van der Waals surface area contributed by atoms with Crippen molar-refractivity contribution in [2.24, 2.45) is 0 Å². The monoisotopic (exact) mass is 293 g/mol. The predicted molar refractivity (Wildman–Crippen MR) is 86.0 cm³/mol. The molecule has 2 atom stereocenters. The van der Waals surface area contributed by atoms with E-state index in [2.05, 4.69) is 29.1 Å². The van der Waals surface area contributed by atoms with Gasteiger partial charge in [-0.3, -0.25) is 4.90 Å². The number of rotatable bonds is 5. The minimum Gasteiger partial charge on any atom is -0.313 e. The summed E-state index contributed by atoms with van der Waals surface area (Å²) in [4.78, 5) is 4.97. The highest BCUT2D eigenvalue weighted by atomic mass is 19.1. The summed E-state index contributed by atoms with van der Waals surface area (Å²) in [5.74, 6) is -0.155. The minimum atomic E-state index is -0.155. The fourth-order valence-corrected chi connectivity index (χ4v) is 3.25. The Labute approximate surface area is 128 Å². The zero-order valence-corrected chi connectivity index (χ0v) is 13.5. The van der Waals surface area contributed by atoms with E-state index in [-0.39, 0.29) is 11.9 Å². The maximum absolute atomic E-state index is 13.4. The molecule has 2 unspecified atom stereocenters. The van der Waals surface area contributed by atoms with E-state index < -0.39 is 0 Å². The first-order valence-electron chi connectivity index (χ1n) is 7.95. The van der Waals surface area contributed by atoms with E-state index in [0.29, 0.717) is 6.04 Å². The third-order valence-corrected chi connectivity index (χ3v) is 4.49. The Hall–Kier alpha value is -0.970. The molecule has 1 fully saturated rings. The highest BCUT2D eigenvalue weighted by Gasteiger charge is 2.20. The van der Waals surface area contributed by atoms with Gasteiger partial charge >= 0.3 is 0 Å². The summed E-state index contributed by atoms with van der Waals surface area (Å²) in [6.07, 6.45) is 2.24. The summed E-state index contributed by atoms with van der Waals surface area (Å²) in [6, 6.07) is 7.74. The minimum absolute atomic E-state index is 0.155. The van der Waals surface area contributed by atoms with Gasteiger partial charge < -0.3 is 10.2 Å². The van der Waals surface area contributed by atoms with Crippen molar-refractivity contribution in [1.29, 1.82) is 0 Å². The summed E-state index contributed by atoms with van der Waals surface area (Å²) in [5, 5.41) is 3.32. The van der Waals surface area contributed by atoms with E-state index in [4.69, 9.17) is 0 Å². The van der Waals surface area contributed by atoms with Gasteiger partial charge in [-0.05, 0) is 64.6 Å². The Morgan fingerprint density at radius 3 is 2.90 bits per heavy atom. The molecule has 1 aliphatic rings. The van der Waals surface area contributed by atoms with Gasteiger partial charge in [0.2, 0.25) is 0 Å². The Morgan fingerprint density at radius 1 is 1.38 bits per heavy atom. The summed E-state index contributed by atoms with van der Waals surface area (Å²) in [6.45, 7) is 6.82. The lowest BCUT2D eigenvalue weighted by Gasteiger charge is -2.29. The molecule has 1 heterocycles. The molecule has 1 aliphatic heterocycles. The second-order valence-corrected chi connectivity index (χ2v) is 6.19. The van der Waals surface area contributed by atoms with Gasteiger partial charge in [-0.1, -0.05) is 12.1 Å². The van der Waals surface area contributed by atoms with E-state index in [1.165, 1.54) is 19.0 Å². The first-order chi connectivity index (χ1) is 10.1. The number of likely N-dealkylation sites (N-methyl/N-ethyl adjacent to an activating group) is 1. The largest absolute Gasteiger partial charge is 0.313 e. The van der Waals surface area contributed by atoms with Crippen molar-refractivity contribution >= 4 is 0 Å². The highest BCUT2D eigenvalue weighted by molar-refractivity contribution is 5.20. The van der Waals surface area contributed by atoms with Crippen LogP contribution in [0.4, 0.5) is 4.39 Å². The van der Waals surface area contributed by atoms with Crippen molar-refractivity contribution in [3.63, 3.8) is 0 Å². The summed E-state index contributed by atoms with van der Waals surface area (Å²) >= 11 is 0. The van der Waals surface area contributed by atoms with Crippen LogP contribution in [0.5, 0.6) is 0 Å². The average Bonchev–Trinajstić information content (AvgIpc) is 2.61. The van der Waals surface area contributed by atoms with E-state index in [1.54, 1.807) is 12.1 Å². The van der Waals surface area contributed by atoms with Crippen LogP contribution in [0.2, 0.25) is 0 Å². The topological polar surface area (TPSA) is 18.5 Å². The molecule has 0 aromatic heterocycles. The number of benzene rings is 1.